The normalized spacial score (nSPS) is 19.3. The van der Waals surface area contributed by atoms with Crippen molar-refractivity contribution in [2.24, 2.45) is 0 Å². The predicted octanol–water partition coefficient (Wildman–Crippen LogP) is -3.55. The van der Waals surface area contributed by atoms with E-state index in [4.69, 9.17) is 0 Å². The van der Waals surface area contributed by atoms with E-state index in [1.54, 1.807) is 0 Å². The van der Waals surface area contributed by atoms with E-state index in [-0.39, 0.29) is 18.9 Å². The molecular weight excluding hydrogens is 173 g/mol. The van der Waals surface area contributed by atoms with Crippen molar-refractivity contribution < 1.29 is 28.8 Å². The number of hydrogen-bond donors (Lipinski definition) is 1. The van der Waals surface area contributed by atoms with E-state index < -0.39 is 12.0 Å². The fourth-order valence-electron chi connectivity index (χ4n) is 1.62. The minimum atomic E-state index is -1.02. The van der Waals surface area contributed by atoms with E-state index in [2.05, 4.69) is 5.32 Å². The number of nitrogens with one attached hydrogen (secondary N) is 1. The van der Waals surface area contributed by atoms with Crippen molar-refractivity contribution in [3.63, 3.8) is 0 Å². The number of carboxylic acid groups (broad SMARTS) is 1. The summed E-state index contributed by atoms with van der Waals surface area (Å²) in [6.45, 7) is 0.620. The molecule has 1 N–H and O–H groups in total. The number of fused-ring (bicyclic) bond motifs is 1. The van der Waals surface area contributed by atoms with Crippen LogP contribution in [0.3, 0.4) is 0 Å². The van der Waals surface area contributed by atoms with Gasteiger partial charge in [-0.15, -0.1) is 0 Å². The molecule has 0 saturated heterocycles. The molecule has 0 radical (unpaired) electrons. The topological polar surface area (TPSA) is 52.2 Å². The van der Waals surface area contributed by atoms with E-state index in [1.807, 2.05) is 24.3 Å². The first-order chi connectivity index (χ1) is 6.27. The van der Waals surface area contributed by atoms with Gasteiger partial charge in [0, 0.05) is 6.54 Å². The van der Waals surface area contributed by atoms with Gasteiger partial charge in [-0.25, -0.2) is 0 Å². The van der Waals surface area contributed by atoms with Gasteiger partial charge in [0.1, 0.15) is 0 Å². The zero-order valence-corrected chi connectivity index (χ0v) is 8.12. The van der Waals surface area contributed by atoms with Crippen molar-refractivity contribution in [3.05, 3.63) is 35.4 Å². The third-order valence-corrected chi connectivity index (χ3v) is 2.37. The first-order valence-corrected chi connectivity index (χ1v) is 4.28. The van der Waals surface area contributed by atoms with Gasteiger partial charge in [0.25, 0.3) is 0 Å². The van der Waals surface area contributed by atoms with Gasteiger partial charge in [-0.1, -0.05) is 24.3 Å². The molecule has 1 aromatic rings. The second-order valence-corrected chi connectivity index (χ2v) is 3.23. The van der Waals surface area contributed by atoms with Gasteiger partial charge in [-0.3, -0.25) is 0 Å². The van der Waals surface area contributed by atoms with Gasteiger partial charge < -0.3 is 15.2 Å². The van der Waals surface area contributed by atoms with Gasteiger partial charge in [0.2, 0.25) is 0 Å². The molecule has 68 valence electrons. The largest absolute Gasteiger partial charge is 1.00 e. The molecule has 1 aliphatic rings. The Kier molecular flexibility index (Phi) is 3.76. The molecule has 1 aliphatic heterocycles. The molecule has 0 amide bonds. The summed E-state index contributed by atoms with van der Waals surface area (Å²) in [5, 5.41) is 13.5. The number of hydrogen-bond acceptors (Lipinski definition) is 3. The fourth-order valence-corrected chi connectivity index (χ4v) is 1.62. The summed E-state index contributed by atoms with van der Waals surface area (Å²) >= 11 is 0. The first kappa shape index (κ1) is 11.3. The Morgan fingerprint density at radius 3 is 2.64 bits per heavy atom. The molecule has 1 heterocycles. The zero-order valence-electron chi connectivity index (χ0n) is 8.12. The van der Waals surface area contributed by atoms with Crippen LogP contribution in [0.5, 0.6) is 0 Å². The van der Waals surface area contributed by atoms with Crippen LogP contribution in [0.4, 0.5) is 0 Å². The second-order valence-electron chi connectivity index (χ2n) is 3.23. The minimum Gasteiger partial charge on any atom is -0.548 e. The van der Waals surface area contributed by atoms with E-state index in [1.165, 1.54) is 5.56 Å². The third-order valence-electron chi connectivity index (χ3n) is 2.37. The molecular formula is C10H10LiNO2. The molecule has 14 heavy (non-hydrogen) atoms. The standard InChI is InChI=1S/C10H11NO2.Li/c12-10(13)9-5-7-3-1-2-4-8(7)6-11-9;/h1-4,9,11H,5-6H2,(H,12,13);/q;+1/p-1. The second kappa shape index (κ2) is 4.65. The van der Waals surface area contributed by atoms with E-state index in [0.29, 0.717) is 13.0 Å². The molecule has 0 bridgehead atoms. The summed E-state index contributed by atoms with van der Waals surface area (Å²) in [4.78, 5) is 10.6. The number of aliphatic carboxylic acids is 1. The van der Waals surface area contributed by atoms with Gasteiger partial charge in [-0.05, 0) is 17.5 Å². The van der Waals surface area contributed by atoms with Gasteiger partial charge in [0.05, 0.1) is 12.0 Å². The van der Waals surface area contributed by atoms with Crippen LogP contribution < -0.4 is 29.3 Å². The van der Waals surface area contributed by atoms with E-state index in [9.17, 15) is 9.90 Å². The van der Waals surface area contributed by atoms with Crippen LogP contribution >= 0.6 is 0 Å². The summed E-state index contributed by atoms with van der Waals surface area (Å²) in [5.41, 5.74) is 2.29. The quantitative estimate of drug-likeness (QED) is 0.459. The Morgan fingerprint density at radius 2 is 2.00 bits per heavy atom. The van der Waals surface area contributed by atoms with Crippen LogP contribution in [0.25, 0.3) is 0 Å². The average molecular weight is 183 g/mol. The van der Waals surface area contributed by atoms with Crippen LogP contribution in [-0.4, -0.2) is 12.0 Å². The number of benzene rings is 1. The Bertz CT molecular complexity index is 341. The maximum atomic E-state index is 10.6. The Labute approximate surface area is 94.7 Å². The van der Waals surface area contributed by atoms with Crippen molar-refractivity contribution >= 4 is 5.97 Å². The molecule has 1 atom stereocenters. The van der Waals surface area contributed by atoms with Crippen LogP contribution in [0, 0.1) is 0 Å². The van der Waals surface area contributed by atoms with Gasteiger partial charge >= 0.3 is 18.9 Å². The molecule has 0 saturated carbocycles. The molecule has 0 aliphatic carbocycles. The molecule has 2 rings (SSSR count). The van der Waals surface area contributed by atoms with Gasteiger partial charge in [-0.2, -0.15) is 0 Å². The van der Waals surface area contributed by atoms with Crippen LogP contribution in [0.2, 0.25) is 0 Å². The number of carbonyl (C=O) groups is 1. The van der Waals surface area contributed by atoms with E-state index in [0.717, 1.165) is 5.56 Å². The average Bonchev–Trinajstić information content (AvgIpc) is 2.17. The molecule has 0 aromatic heterocycles. The zero-order chi connectivity index (χ0) is 9.26. The van der Waals surface area contributed by atoms with Crippen LogP contribution in [0.1, 0.15) is 11.1 Å². The maximum Gasteiger partial charge on any atom is 1.00 e. The Morgan fingerprint density at radius 1 is 1.36 bits per heavy atom. The summed E-state index contributed by atoms with van der Waals surface area (Å²) in [6, 6.07) is 7.32. The molecule has 3 nitrogen and oxygen atoms in total. The monoisotopic (exact) mass is 183 g/mol. The molecule has 0 fully saturated rings. The smallest absolute Gasteiger partial charge is 0.548 e. The Hall–Kier alpha value is -0.753. The van der Waals surface area contributed by atoms with Crippen molar-refractivity contribution in [2.75, 3.05) is 0 Å². The molecule has 0 spiro atoms. The number of carbonyl (C=O) groups excluding carboxylic acids is 1. The minimum absolute atomic E-state index is 0. The fraction of sp³-hybridized carbons (Fsp3) is 0.300. The first-order valence-electron chi connectivity index (χ1n) is 4.28. The van der Waals surface area contributed by atoms with Crippen LogP contribution in [0.15, 0.2) is 24.3 Å². The third kappa shape index (κ3) is 2.19. The molecule has 1 aromatic carbocycles. The van der Waals surface area contributed by atoms with Crippen LogP contribution in [-0.2, 0) is 17.8 Å². The van der Waals surface area contributed by atoms with Crippen molar-refractivity contribution in [1.29, 1.82) is 0 Å². The SMILES string of the molecule is O=C([O-])C1Cc2ccccc2CN1.[Li+]. The van der Waals surface area contributed by atoms with Crippen molar-refractivity contribution in [2.45, 2.75) is 19.0 Å². The summed E-state index contributed by atoms with van der Waals surface area (Å²) in [7, 11) is 0. The summed E-state index contributed by atoms with van der Waals surface area (Å²) < 4.78 is 0. The molecule has 4 heteroatoms. The van der Waals surface area contributed by atoms with Gasteiger partial charge in [0.15, 0.2) is 0 Å². The summed E-state index contributed by atoms with van der Waals surface area (Å²) in [5.74, 6) is -1.02. The maximum absolute atomic E-state index is 10.6. The van der Waals surface area contributed by atoms with Crippen molar-refractivity contribution in [3.8, 4) is 0 Å². The predicted molar refractivity (Wildman–Crippen MR) is 45.8 cm³/mol. The van der Waals surface area contributed by atoms with E-state index >= 15 is 0 Å². The molecule has 1 unspecified atom stereocenters. The number of rotatable bonds is 1. The number of carboxylic acids is 1. The van der Waals surface area contributed by atoms with Crippen molar-refractivity contribution in [1.82, 2.24) is 5.32 Å². The Balaban J connectivity index is 0.000000980. The summed E-state index contributed by atoms with van der Waals surface area (Å²) in [6.07, 6.45) is 0.526.